The second kappa shape index (κ2) is 6.97. The summed E-state index contributed by atoms with van der Waals surface area (Å²) in [5, 5.41) is 2.31. The minimum atomic E-state index is 0.457. The summed E-state index contributed by atoms with van der Waals surface area (Å²) in [5.74, 6) is 1.27. The van der Waals surface area contributed by atoms with Gasteiger partial charge in [0.2, 0.25) is 0 Å². The first-order valence-electron chi connectivity index (χ1n) is 8.61. The normalized spacial score (nSPS) is 14.4. The van der Waals surface area contributed by atoms with Crippen LogP contribution in [0.4, 0.5) is 0 Å². The van der Waals surface area contributed by atoms with Gasteiger partial charge in [-0.2, -0.15) is 0 Å². The first kappa shape index (κ1) is 17.4. The van der Waals surface area contributed by atoms with Gasteiger partial charge in [-0.25, -0.2) is 15.0 Å². The number of nitrogens with zero attached hydrogens (tertiary/aromatic N) is 3. The number of halogens is 1. The molecule has 1 aliphatic carbocycles. The molecule has 3 aromatic rings. The van der Waals surface area contributed by atoms with E-state index in [0.717, 1.165) is 43.1 Å². The smallest absolute Gasteiger partial charge is 0.126 e. The van der Waals surface area contributed by atoms with E-state index in [1.54, 1.807) is 29.4 Å². The van der Waals surface area contributed by atoms with Crippen LogP contribution in [0, 0.1) is 0 Å². The lowest BCUT2D eigenvalue weighted by Gasteiger charge is -2.21. The van der Waals surface area contributed by atoms with Crippen molar-refractivity contribution < 1.29 is 0 Å². The lowest BCUT2D eigenvalue weighted by Crippen LogP contribution is -2.10. The Morgan fingerprint density at radius 2 is 2.04 bits per heavy atom. The molecule has 0 spiro atoms. The zero-order valence-electron chi connectivity index (χ0n) is 14.4. The minimum absolute atomic E-state index is 0.457. The summed E-state index contributed by atoms with van der Waals surface area (Å²) in [6.45, 7) is 8.42. The van der Waals surface area contributed by atoms with Gasteiger partial charge in [0.05, 0.1) is 10.2 Å². The van der Waals surface area contributed by atoms with Crippen LogP contribution in [-0.2, 0) is 12.8 Å². The van der Waals surface area contributed by atoms with Crippen LogP contribution in [0.3, 0.4) is 0 Å². The highest BCUT2D eigenvalue weighted by atomic mass is 79.9. The molecule has 0 saturated heterocycles. The van der Waals surface area contributed by atoms with Crippen molar-refractivity contribution in [3.63, 3.8) is 0 Å². The van der Waals surface area contributed by atoms with Gasteiger partial charge < -0.3 is 0 Å². The highest BCUT2D eigenvalue weighted by Gasteiger charge is 2.24. The number of thioether (sulfide) groups is 1. The van der Waals surface area contributed by atoms with Gasteiger partial charge in [0, 0.05) is 16.8 Å². The maximum atomic E-state index is 5.08. The molecule has 0 amide bonds. The van der Waals surface area contributed by atoms with Gasteiger partial charge >= 0.3 is 0 Å². The maximum Gasteiger partial charge on any atom is 0.126 e. The van der Waals surface area contributed by atoms with Crippen LogP contribution < -0.4 is 0 Å². The molecular weight excluding hydrogens is 414 g/mol. The molecule has 1 aliphatic rings. The predicted molar refractivity (Wildman–Crippen MR) is 112 cm³/mol. The summed E-state index contributed by atoms with van der Waals surface area (Å²) in [5.41, 5.74) is 5.34. The van der Waals surface area contributed by atoms with Gasteiger partial charge in [0.15, 0.2) is 0 Å². The minimum Gasteiger partial charge on any atom is -0.241 e. The fourth-order valence-electron chi connectivity index (χ4n) is 3.60. The summed E-state index contributed by atoms with van der Waals surface area (Å²) in [6.07, 6.45) is 6.52. The number of aryl methyl sites for hydroxylation is 1. The monoisotopic (exact) mass is 433 g/mol. The summed E-state index contributed by atoms with van der Waals surface area (Å²) in [4.78, 5) is 15.4. The van der Waals surface area contributed by atoms with E-state index in [9.17, 15) is 0 Å². The first-order valence-corrected chi connectivity index (χ1v) is 11.2. The van der Waals surface area contributed by atoms with E-state index in [4.69, 9.17) is 4.98 Å². The fraction of sp³-hybridized carbons (Fsp3) is 0.421. The average molecular weight is 434 g/mol. The molecule has 3 heterocycles. The zero-order chi connectivity index (χ0) is 17.6. The number of hydrogen-bond donors (Lipinski definition) is 0. The molecular formula is C19H20BrN3S2. The molecule has 3 aromatic heterocycles. The third-order valence-corrected chi connectivity index (χ3v) is 7.57. The van der Waals surface area contributed by atoms with Gasteiger partial charge in [0.1, 0.15) is 16.2 Å². The number of aromatic nitrogens is 3. The number of rotatable bonds is 4. The van der Waals surface area contributed by atoms with Crippen molar-refractivity contribution in [2.24, 2.45) is 0 Å². The molecule has 25 heavy (non-hydrogen) atoms. The Labute approximate surface area is 164 Å². The van der Waals surface area contributed by atoms with E-state index >= 15 is 0 Å². The van der Waals surface area contributed by atoms with E-state index in [2.05, 4.69) is 46.3 Å². The van der Waals surface area contributed by atoms with Crippen LogP contribution in [0.25, 0.3) is 20.4 Å². The summed E-state index contributed by atoms with van der Waals surface area (Å²) >= 11 is 6.89. The Kier molecular flexibility index (Phi) is 4.86. The lowest BCUT2D eigenvalue weighted by atomic mass is 9.86. The quantitative estimate of drug-likeness (QED) is 0.360. The Bertz CT molecular complexity index is 978. The second-order valence-electron chi connectivity index (χ2n) is 6.76. The lowest BCUT2D eigenvalue weighted by molar-refractivity contribution is 0.667. The van der Waals surface area contributed by atoms with Crippen LogP contribution in [0.1, 0.15) is 49.4 Å². The summed E-state index contributed by atoms with van der Waals surface area (Å²) < 4.78 is 2.14. The van der Waals surface area contributed by atoms with Crippen molar-refractivity contribution in [2.75, 3.05) is 5.75 Å². The molecule has 0 atom stereocenters. The van der Waals surface area contributed by atoms with Crippen LogP contribution >= 0.6 is 39.0 Å². The zero-order valence-corrected chi connectivity index (χ0v) is 17.7. The second-order valence-corrected chi connectivity index (χ2v) is 9.85. The van der Waals surface area contributed by atoms with Gasteiger partial charge in [-0.1, -0.05) is 48.1 Å². The van der Waals surface area contributed by atoms with Crippen molar-refractivity contribution in [3.8, 4) is 0 Å². The Balaban J connectivity index is 1.99. The SMILES string of the molecule is C=C(Br)CSc1ncnc2c1sc1nc(C(C)C)c3c(c12)CCCC3. The average Bonchev–Trinajstić information content (AvgIpc) is 2.98. The highest BCUT2D eigenvalue weighted by Crippen LogP contribution is 2.42. The number of fused-ring (bicyclic) bond motifs is 5. The van der Waals surface area contributed by atoms with Gasteiger partial charge in [-0.05, 0) is 47.2 Å². The first-order chi connectivity index (χ1) is 12.1. The van der Waals surface area contributed by atoms with Gasteiger partial charge in [-0.15, -0.1) is 11.3 Å². The largest absolute Gasteiger partial charge is 0.241 e. The molecule has 0 radical (unpaired) electrons. The molecule has 130 valence electrons. The number of hydrogen-bond acceptors (Lipinski definition) is 5. The Morgan fingerprint density at radius 3 is 2.76 bits per heavy atom. The highest BCUT2D eigenvalue weighted by molar-refractivity contribution is 9.11. The molecule has 0 aliphatic heterocycles. The van der Waals surface area contributed by atoms with Crippen molar-refractivity contribution in [3.05, 3.63) is 34.2 Å². The van der Waals surface area contributed by atoms with E-state index in [1.807, 2.05) is 0 Å². The van der Waals surface area contributed by atoms with Crippen LogP contribution in [-0.4, -0.2) is 20.7 Å². The van der Waals surface area contributed by atoms with Crippen molar-refractivity contribution in [2.45, 2.75) is 50.5 Å². The van der Waals surface area contributed by atoms with Crippen LogP contribution in [0.5, 0.6) is 0 Å². The topological polar surface area (TPSA) is 38.7 Å². The molecule has 0 bridgehead atoms. The fourth-order valence-corrected chi connectivity index (χ4v) is 5.93. The third kappa shape index (κ3) is 3.13. The van der Waals surface area contributed by atoms with E-state index in [0.29, 0.717) is 5.92 Å². The molecule has 4 rings (SSSR count). The molecule has 3 nitrogen and oxygen atoms in total. The molecule has 0 fully saturated rings. The van der Waals surface area contributed by atoms with Crippen molar-refractivity contribution in [1.29, 1.82) is 0 Å². The predicted octanol–water partition coefficient (Wildman–Crippen LogP) is 6.24. The maximum absolute atomic E-state index is 5.08. The summed E-state index contributed by atoms with van der Waals surface area (Å²) in [7, 11) is 0. The standard InChI is InChI=1S/C19H20BrN3S2/c1-10(2)15-13-7-5-4-6-12(13)14-16-17(25-18(14)23-15)19(22-9-21-16)24-8-11(3)20/h9-10H,3-8H2,1-2H3. The Morgan fingerprint density at radius 1 is 1.28 bits per heavy atom. The Hall–Kier alpha value is -0.980. The van der Waals surface area contributed by atoms with Crippen LogP contribution in [0.2, 0.25) is 0 Å². The molecule has 0 aromatic carbocycles. The molecule has 0 unspecified atom stereocenters. The third-order valence-electron chi connectivity index (χ3n) is 4.63. The van der Waals surface area contributed by atoms with E-state index in [1.165, 1.54) is 35.0 Å². The van der Waals surface area contributed by atoms with Crippen LogP contribution in [0.15, 0.2) is 22.4 Å². The van der Waals surface area contributed by atoms with Gasteiger partial charge in [-0.3, -0.25) is 0 Å². The molecule has 0 saturated carbocycles. The van der Waals surface area contributed by atoms with Crippen molar-refractivity contribution in [1.82, 2.24) is 15.0 Å². The number of thiophene rings is 1. The summed E-state index contributed by atoms with van der Waals surface area (Å²) in [6, 6.07) is 0. The van der Waals surface area contributed by atoms with Gasteiger partial charge in [0.25, 0.3) is 0 Å². The molecule has 0 N–H and O–H groups in total. The van der Waals surface area contributed by atoms with Crippen molar-refractivity contribution >= 4 is 59.5 Å². The van der Waals surface area contributed by atoms with E-state index in [-0.39, 0.29) is 0 Å². The molecule has 6 heteroatoms. The number of pyridine rings is 1. The van der Waals surface area contributed by atoms with E-state index < -0.39 is 0 Å².